The fourth-order valence-electron chi connectivity index (χ4n) is 1.95. The Labute approximate surface area is 119 Å². The van der Waals surface area contributed by atoms with Crippen LogP contribution in [0.1, 0.15) is 36.8 Å². The molecule has 106 valence electrons. The van der Waals surface area contributed by atoms with Crippen LogP contribution in [0.15, 0.2) is 18.2 Å². The van der Waals surface area contributed by atoms with Gasteiger partial charge in [0.15, 0.2) is 0 Å². The summed E-state index contributed by atoms with van der Waals surface area (Å²) in [7, 11) is 0. The first-order valence-corrected chi connectivity index (χ1v) is 6.97. The number of aliphatic hydroxyl groups is 1. The molecule has 0 aliphatic heterocycles. The van der Waals surface area contributed by atoms with E-state index in [0.717, 1.165) is 29.7 Å². The van der Waals surface area contributed by atoms with Crippen LogP contribution >= 0.6 is 0 Å². The number of hydrogen-bond acceptors (Lipinski definition) is 2. The zero-order chi connectivity index (χ0) is 14.4. The van der Waals surface area contributed by atoms with E-state index >= 15 is 0 Å². The fraction of sp³-hybridized carbons (Fsp3) is 0.438. The molecule has 0 radical (unpaired) electrons. The first kappa shape index (κ1) is 14.4. The topological polar surface area (TPSA) is 61.4 Å². The Hall–Kier alpha value is -1.99. The maximum Gasteiger partial charge on any atom is 0.319 e. The van der Waals surface area contributed by atoms with Gasteiger partial charge in [-0.15, -0.1) is 0 Å². The predicted octanol–water partition coefficient (Wildman–Crippen LogP) is 2.40. The number of carbonyl (C=O) groups is 1. The number of carbonyl (C=O) groups excluding carboxylic acids is 1. The molecule has 0 saturated heterocycles. The predicted molar refractivity (Wildman–Crippen MR) is 79.6 cm³/mol. The van der Waals surface area contributed by atoms with E-state index in [2.05, 4.69) is 22.5 Å². The number of urea groups is 1. The Morgan fingerprint density at radius 3 is 2.90 bits per heavy atom. The Morgan fingerprint density at radius 1 is 1.45 bits per heavy atom. The molecule has 3 N–H and O–H groups in total. The molecule has 1 aromatic rings. The van der Waals surface area contributed by atoms with Crippen LogP contribution in [0.25, 0.3) is 0 Å². The maximum atomic E-state index is 11.8. The van der Waals surface area contributed by atoms with Crippen LogP contribution in [0.2, 0.25) is 0 Å². The van der Waals surface area contributed by atoms with Gasteiger partial charge in [0.25, 0.3) is 0 Å². The first-order valence-electron chi connectivity index (χ1n) is 6.97. The summed E-state index contributed by atoms with van der Waals surface area (Å²) in [5.74, 6) is 5.90. The summed E-state index contributed by atoms with van der Waals surface area (Å²) in [6, 6.07) is 5.83. The summed E-state index contributed by atoms with van der Waals surface area (Å²) in [6.45, 7) is 2.04. The Morgan fingerprint density at radius 2 is 2.25 bits per heavy atom. The van der Waals surface area contributed by atoms with E-state index in [1.54, 1.807) is 0 Å². The van der Waals surface area contributed by atoms with Crippen LogP contribution in [0.5, 0.6) is 0 Å². The molecule has 1 saturated carbocycles. The van der Waals surface area contributed by atoms with Gasteiger partial charge in [-0.05, 0) is 43.9 Å². The second-order valence-electron chi connectivity index (χ2n) is 5.03. The van der Waals surface area contributed by atoms with Gasteiger partial charge >= 0.3 is 6.03 Å². The van der Waals surface area contributed by atoms with Crippen molar-refractivity contribution in [1.29, 1.82) is 0 Å². The van der Waals surface area contributed by atoms with Crippen LogP contribution in [-0.2, 0) is 0 Å². The van der Waals surface area contributed by atoms with Crippen LogP contribution < -0.4 is 10.6 Å². The summed E-state index contributed by atoms with van der Waals surface area (Å²) < 4.78 is 0. The van der Waals surface area contributed by atoms with Gasteiger partial charge in [-0.25, -0.2) is 4.79 Å². The lowest BCUT2D eigenvalue weighted by molar-refractivity contribution is 0.240. The third-order valence-electron chi connectivity index (χ3n) is 3.40. The highest BCUT2D eigenvalue weighted by atomic mass is 16.2. The Kier molecular flexibility index (Phi) is 5.03. The van der Waals surface area contributed by atoms with Crippen molar-refractivity contribution >= 4 is 11.7 Å². The van der Waals surface area contributed by atoms with Crippen molar-refractivity contribution in [2.45, 2.75) is 38.6 Å². The number of anilines is 1. The molecule has 1 aliphatic carbocycles. The van der Waals surface area contributed by atoms with Gasteiger partial charge in [0.05, 0.1) is 6.61 Å². The van der Waals surface area contributed by atoms with Crippen LogP contribution in [0.4, 0.5) is 10.5 Å². The molecule has 0 heterocycles. The van der Waals surface area contributed by atoms with E-state index in [1.807, 2.05) is 25.1 Å². The highest BCUT2D eigenvalue weighted by molar-refractivity contribution is 5.89. The molecule has 2 amide bonds. The largest absolute Gasteiger partial charge is 0.395 e. The number of aryl methyl sites for hydroxylation is 1. The first-order chi connectivity index (χ1) is 9.69. The Bertz CT molecular complexity index is 539. The monoisotopic (exact) mass is 272 g/mol. The van der Waals surface area contributed by atoms with E-state index < -0.39 is 0 Å². The molecule has 1 aromatic carbocycles. The number of aliphatic hydroxyl groups excluding tert-OH is 1. The molecule has 20 heavy (non-hydrogen) atoms. The number of benzene rings is 1. The molecule has 4 nitrogen and oxygen atoms in total. The van der Waals surface area contributed by atoms with E-state index in [4.69, 9.17) is 5.11 Å². The molecular weight excluding hydrogens is 252 g/mol. The van der Waals surface area contributed by atoms with Crippen molar-refractivity contribution in [1.82, 2.24) is 5.32 Å². The van der Waals surface area contributed by atoms with Gasteiger partial charge in [0.2, 0.25) is 0 Å². The SMILES string of the molecule is Cc1ccc(NC(=O)NC2CCC2)cc1C#CCCO. The third kappa shape index (κ3) is 4.01. The summed E-state index contributed by atoms with van der Waals surface area (Å²) in [6.07, 6.45) is 3.79. The van der Waals surface area contributed by atoms with Crippen LogP contribution in [0.3, 0.4) is 0 Å². The standard InChI is InChI=1S/C16H20N2O2/c1-12-8-9-15(11-13(12)5-2-3-10-19)18-16(20)17-14-6-4-7-14/h8-9,11,14,19H,3-4,6-7,10H2,1H3,(H2,17,18,20). The molecule has 0 spiro atoms. The van der Waals surface area contributed by atoms with Crippen LogP contribution in [-0.4, -0.2) is 23.8 Å². The summed E-state index contributed by atoms with van der Waals surface area (Å²) in [5.41, 5.74) is 2.67. The van der Waals surface area contributed by atoms with Gasteiger partial charge in [-0.2, -0.15) is 0 Å². The highest BCUT2D eigenvalue weighted by Crippen LogP contribution is 2.19. The van der Waals surface area contributed by atoms with Crippen molar-refractivity contribution in [3.8, 4) is 11.8 Å². The zero-order valence-corrected chi connectivity index (χ0v) is 11.7. The van der Waals surface area contributed by atoms with Gasteiger partial charge in [0, 0.05) is 23.7 Å². The van der Waals surface area contributed by atoms with Gasteiger partial charge in [-0.3, -0.25) is 0 Å². The molecule has 4 heteroatoms. The molecule has 0 aromatic heterocycles. The third-order valence-corrected chi connectivity index (χ3v) is 3.40. The van der Waals surface area contributed by atoms with Gasteiger partial charge in [0.1, 0.15) is 0 Å². The van der Waals surface area contributed by atoms with Gasteiger partial charge < -0.3 is 15.7 Å². The zero-order valence-electron chi connectivity index (χ0n) is 11.7. The molecule has 2 rings (SSSR count). The van der Waals surface area contributed by atoms with Crippen molar-refractivity contribution < 1.29 is 9.90 Å². The van der Waals surface area contributed by atoms with Crippen molar-refractivity contribution in [2.24, 2.45) is 0 Å². The summed E-state index contributed by atoms with van der Waals surface area (Å²) in [5, 5.41) is 14.5. The number of hydrogen-bond donors (Lipinski definition) is 3. The van der Waals surface area contributed by atoms with E-state index in [-0.39, 0.29) is 12.6 Å². The summed E-state index contributed by atoms with van der Waals surface area (Å²) >= 11 is 0. The minimum Gasteiger partial charge on any atom is -0.395 e. The lowest BCUT2D eigenvalue weighted by atomic mass is 9.93. The lowest BCUT2D eigenvalue weighted by Gasteiger charge is -2.26. The average molecular weight is 272 g/mol. The molecule has 0 atom stereocenters. The number of rotatable bonds is 3. The summed E-state index contributed by atoms with van der Waals surface area (Å²) in [4.78, 5) is 11.8. The second-order valence-corrected chi connectivity index (χ2v) is 5.03. The smallest absolute Gasteiger partial charge is 0.319 e. The van der Waals surface area contributed by atoms with Gasteiger partial charge in [-0.1, -0.05) is 17.9 Å². The van der Waals surface area contributed by atoms with Crippen molar-refractivity contribution in [2.75, 3.05) is 11.9 Å². The minimum absolute atomic E-state index is 0.0633. The second kappa shape index (κ2) is 6.97. The number of nitrogens with one attached hydrogen (secondary N) is 2. The van der Waals surface area contributed by atoms with Crippen molar-refractivity contribution in [3.05, 3.63) is 29.3 Å². The molecule has 0 unspecified atom stereocenters. The Balaban J connectivity index is 1.99. The van der Waals surface area contributed by atoms with E-state index in [0.29, 0.717) is 12.5 Å². The molecule has 1 fully saturated rings. The molecular formula is C16H20N2O2. The highest BCUT2D eigenvalue weighted by Gasteiger charge is 2.19. The fourth-order valence-corrected chi connectivity index (χ4v) is 1.95. The minimum atomic E-state index is -0.159. The normalized spacial score (nSPS) is 13.9. The maximum absolute atomic E-state index is 11.8. The molecule has 1 aliphatic rings. The quantitative estimate of drug-likeness (QED) is 0.740. The average Bonchev–Trinajstić information content (AvgIpc) is 2.38. The number of amides is 2. The van der Waals surface area contributed by atoms with Crippen molar-refractivity contribution in [3.63, 3.8) is 0 Å². The van der Waals surface area contributed by atoms with Crippen LogP contribution in [0, 0.1) is 18.8 Å². The van der Waals surface area contributed by atoms with E-state index in [9.17, 15) is 4.79 Å². The van der Waals surface area contributed by atoms with E-state index in [1.165, 1.54) is 6.42 Å². The lowest BCUT2D eigenvalue weighted by Crippen LogP contribution is -2.41. The molecule has 0 bridgehead atoms.